The fraction of sp³-hybridized carbons (Fsp3) is 0.333. The van der Waals surface area contributed by atoms with Gasteiger partial charge in [-0.15, -0.1) is 6.42 Å². The zero-order valence-corrected chi connectivity index (χ0v) is 23.7. The number of carbonyl (C=O) groups is 2. The van der Waals surface area contributed by atoms with Gasteiger partial charge in [-0.25, -0.2) is 0 Å². The molecule has 1 aromatic heterocycles. The lowest BCUT2D eigenvalue weighted by Crippen LogP contribution is -2.18. The smallest absolute Gasteiger partial charge is 0.248 e. The second-order valence-corrected chi connectivity index (χ2v) is 10.0. The van der Waals surface area contributed by atoms with Crippen LogP contribution in [0.3, 0.4) is 0 Å². The summed E-state index contributed by atoms with van der Waals surface area (Å²) in [6.07, 6.45) is 14.1. The molecule has 2 aromatic carbocycles. The van der Waals surface area contributed by atoms with Crippen LogP contribution in [0, 0.1) is 23.7 Å². The van der Waals surface area contributed by atoms with E-state index in [9.17, 15) is 14.9 Å². The second-order valence-electron chi connectivity index (χ2n) is 10.0. The number of aromatic nitrogens is 1. The van der Waals surface area contributed by atoms with E-state index in [2.05, 4.69) is 32.9 Å². The highest BCUT2D eigenvalue weighted by molar-refractivity contribution is 6.05. The molecule has 0 unspecified atom stereocenters. The molecule has 1 fully saturated rings. The lowest BCUT2D eigenvalue weighted by Gasteiger charge is -2.18. The summed E-state index contributed by atoms with van der Waals surface area (Å²) in [5.74, 6) is 2.75. The summed E-state index contributed by atoms with van der Waals surface area (Å²) in [6.45, 7) is 1.98. The summed E-state index contributed by atoms with van der Waals surface area (Å²) in [5, 5.41) is 19.7. The molecule has 0 radical (unpaired) electrons. The SMILES string of the molecule is C#Cc1cccc(Nc2c(C#N)cnc3cc(O[C@H]4CCOC4)c(NC(=O)/C=C/CC(=O)CCCCCNC)cc23)c1. The molecule has 0 spiro atoms. The Hall–Kier alpha value is -4.70. The normalized spacial score (nSPS) is 14.4. The van der Waals surface area contributed by atoms with E-state index in [1.54, 1.807) is 18.2 Å². The summed E-state index contributed by atoms with van der Waals surface area (Å²) in [4.78, 5) is 29.6. The van der Waals surface area contributed by atoms with E-state index in [4.69, 9.17) is 15.9 Å². The Morgan fingerprint density at radius 1 is 1.24 bits per heavy atom. The molecule has 9 heteroatoms. The number of allylic oxidation sites excluding steroid dienone is 1. The molecule has 1 aliphatic rings. The monoisotopic (exact) mass is 565 g/mol. The third kappa shape index (κ3) is 8.40. The van der Waals surface area contributed by atoms with Crippen LogP contribution in [0.15, 0.2) is 54.7 Å². The fourth-order valence-electron chi connectivity index (χ4n) is 4.63. The lowest BCUT2D eigenvalue weighted by atomic mass is 10.1. The number of unbranched alkanes of at least 4 members (excludes halogenated alkanes) is 2. The van der Waals surface area contributed by atoms with Crippen LogP contribution < -0.4 is 20.7 Å². The van der Waals surface area contributed by atoms with Crippen molar-refractivity contribution < 1.29 is 19.1 Å². The number of ether oxygens (including phenoxy) is 2. The van der Waals surface area contributed by atoms with Gasteiger partial charge in [0.2, 0.25) is 5.91 Å². The van der Waals surface area contributed by atoms with Gasteiger partial charge >= 0.3 is 0 Å². The van der Waals surface area contributed by atoms with Crippen LogP contribution in [-0.2, 0) is 14.3 Å². The van der Waals surface area contributed by atoms with Crippen LogP contribution in [0.1, 0.15) is 49.7 Å². The highest BCUT2D eigenvalue weighted by Gasteiger charge is 2.21. The Kier molecular flexibility index (Phi) is 11.1. The minimum Gasteiger partial charge on any atom is -0.486 e. The largest absolute Gasteiger partial charge is 0.486 e. The number of anilines is 3. The molecule has 9 nitrogen and oxygen atoms in total. The van der Waals surface area contributed by atoms with E-state index >= 15 is 0 Å². The van der Waals surface area contributed by atoms with E-state index in [1.165, 1.54) is 12.3 Å². The van der Waals surface area contributed by atoms with Crippen molar-refractivity contribution >= 4 is 39.7 Å². The lowest BCUT2D eigenvalue weighted by molar-refractivity contribution is -0.118. The molecule has 1 atom stereocenters. The first-order chi connectivity index (χ1) is 20.5. The Morgan fingerprint density at radius 3 is 2.88 bits per heavy atom. The molecule has 1 saturated heterocycles. The molecule has 1 aliphatic heterocycles. The first-order valence-electron chi connectivity index (χ1n) is 14.1. The topological polar surface area (TPSA) is 125 Å². The van der Waals surface area contributed by atoms with Crippen molar-refractivity contribution in [3.8, 4) is 24.2 Å². The van der Waals surface area contributed by atoms with Gasteiger partial charge in [0.05, 0.1) is 35.7 Å². The average molecular weight is 566 g/mol. The maximum absolute atomic E-state index is 12.9. The maximum Gasteiger partial charge on any atom is 0.248 e. The van der Waals surface area contributed by atoms with Crippen LogP contribution in [0.4, 0.5) is 17.1 Å². The van der Waals surface area contributed by atoms with Crippen LogP contribution in [0.2, 0.25) is 0 Å². The van der Waals surface area contributed by atoms with Gasteiger partial charge < -0.3 is 25.4 Å². The molecule has 2 heterocycles. The Labute approximate surface area is 246 Å². The van der Waals surface area contributed by atoms with E-state index in [1.807, 2.05) is 31.3 Å². The zero-order valence-electron chi connectivity index (χ0n) is 23.7. The summed E-state index contributed by atoms with van der Waals surface area (Å²) < 4.78 is 11.7. The number of pyridine rings is 1. The number of amides is 1. The molecule has 1 amide bonds. The molecular formula is C33H35N5O4. The van der Waals surface area contributed by atoms with E-state index < -0.39 is 5.91 Å². The summed E-state index contributed by atoms with van der Waals surface area (Å²) in [5.41, 5.74) is 3.24. The van der Waals surface area contributed by atoms with Gasteiger partial charge in [0.25, 0.3) is 0 Å². The van der Waals surface area contributed by atoms with Crippen LogP contribution in [0.25, 0.3) is 10.9 Å². The number of ketones is 1. The number of terminal acetylenes is 1. The highest BCUT2D eigenvalue weighted by Crippen LogP contribution is 2.37. The van der Waals surface area contributed by atoms with E-state index in [-0.39, 0.29) is 18.3 Å². The number of nitrogens with one attached hydrogen (secondary N) is 3. The third-order valence-corrected chi connectivity index (χ3v) is 6.82. The quantitative estimate of drug-likeness (QED) is 0.138. The first-order valence-corrected chi connectivity index (χ1v) is 14.1. The number of hydrogen-bond acceptors (Lipinski definition) is 8. The average Bonchev–Trinajstić information content (AvgIpc) is 3.51. The van der Waals surface area contributed by atoms with Crippen LogP contribution >= 0.6 is 0 Å². The number of rotatable bonds is 14. The predicted octanol–water partition coefficient (Wildman–Crippen LogP) is 5.23. The zero-order chi connectivity index (χ0) is 29.7. The van der Waals surface area contributed by atoms with E-state index in [0.29, 0.717) is 64.5 Å². The van der Waals surface area contributed by atoms with Crippen LogP contribution in [0.5, 0.6) is 5.75 Å². The molecule has 4 rings (SSSR count). The number of carbonyl (C=O) groups excluding carboxylic acids is 2. The Morgan fingerprint density at radius 2 is 2.12 bits per heavy atom. The molecular weight excluding hydrogens is 530 g/mol. The number of benzene rings is 2. The molecule has 0 saturated carbocycles. The summed E-state index contributed by atoms with van der Waals surface area (Å²) in [6, 6.07) is 13.0. The minimum atomic E-state index is -0.399. The van der Waals surface area contributed by atoms with Crippen molar-refractivity contribution in [3.63, 3.8) is 0 Å². The van der Waals surface area contributed by atoms with Crippen molar-refractivity contribution in [1.82, 2.24) is 10.3 Å². The van der Waals surface area contributed by atoms with Gasteiger partial charge in [-0.3, -0.25) is 14.6 Å². The first kappa shape index (κ1) is 30.3. The van der Waals surface area contributed by atoms with Crippen LogP contribution in [-0.4, -0.2) is 49.6 Å². The molecule has 0 aliphatic carbocycles. The number of hydrogen-bond donors (Lipinski definition) is 3. The van der Waals surface area contributed by atoms with Crippen molar-refractivity contribution in [1.29, 1.82) is 5.26 Å². The van der Waals surface area contributed by atoms with Crippen molar-refractivity contribution in [2.24, 2.45) is 0 Å². The maximum atomic E-state index is 12.9. The second kappa shape index (κ2) is 15.3. The minimum absolute atomic E-state index is 0.0965. The molecule has 216 valence electrons. The van der Waals surface area contributed by atoms with Gasteiger partial charge in [-0.1, -0.05) is 24.5 Å². The van der Waals surface area contributed by atoms with Gasteiger partial charge in [0.15, 0.2) is 0 Å². The molecule has 42 heavy (non-hydrogen) atoms. The molecule has 3 aromatic rings. The summed E-state index contributed by atoms with van der Waals surface area (Å²) >= 11 is 0. The molecule has 0 bridgehead atoms. The Balaban J connectivity index is 1.58. The Bertz CT molecular complexity index is 1530. The van der Waals surface area contributed by atoms with Crippen molar-refractivity contribution in [2.75, 3.05) is 37.4 Å². The fourth-order valence-corrected chi connectivity index (χ4v) is 4.63. The number of nitriles is 1. The number of Topliss-reactive ketones (excluding diaryl/α,β-unsaturated/α-hetero) is 1. The third-order valence-electron chi connectivity index (χ3n) is 6.82. The summed E-state index contributed by atoms with van der Waals surface area (Å²) in [7, 11) is 1.91. The van der Waals surface area contributed by atoms with Gasteiger partial charge in [0, 0.05) is 48.2 Å². The van der Waals surface area contributed by atoms with Gasteiger partial charge in [-0.05, 0) is 56.8 Å². The van der Waals surface area contributed by atoms with E-state index in [0.717, 1.165) is 32.2 Å². The molecule has 3 N–H and O–H groups in total. The van der Waals surface area contributed by atoms with Gasteiger partial charge in [0.1, 0.15) is 23.7 Å². The van der Waals surface area contributed by atoms with Crippen molar-refractivity contribution in [2.45, 2.75) is 44.6 Å². The predicted molar refractivity (Wildman–Crippen MR) is 164 cm³/mol. The van der Waals surface area contributed by atoms with Gasteiger partial charge in [-0.2, -0.15) is 5.26 Å². The standard InChI is InChI=1S/C33H35N5O4/c1-3-23-9-7-10-25(17-23)37-33-24(20-34)21-36-29-19-31(42-27-14-16-41-22-27)30(18-28(29)33)38-32(40)13-8-12-26(39)11-5-4-6-15-35-2/h1,7-10,13,17-19,21,27,35H,4-6,11-12,14-16,22H2,2H3,(H,36,37)(H,38,40)/b13-8+/t27-/m0/s1. The van der Waals surface area contributed by atoms with Crippen molar-refractivity contribution in [3.05, 3.63) is 65.9 Å². The highest BCUT2D eigenvalue weighted by atomic mass is 16.5. The number of nitrogens with zero attached hydrogens (tertiary/aromatic N) is 2. The number of fused-ring (bicyclic) bond motifs is 1.